The minimum absolute atomic E-state index is 0. The van der Waals surface area contributed by atoms with E-state index in [1.165, 1.54) is 19.7 Å². The van der Waals surface area contributed by atoms with Crippen LogP contribution in [0.2, 0.25) is 6.04 Å². The third-order valence-corrected chi connectivity index (χ3v) is 32.2. The topological polar surface area (TPSA) is 125 Å². The van der Waals surface area contributed by atoms with Gasteiger partial charge in [0.05, 0.1) is 0 Å². The molecule has 0 atom stereocenters. The van der Waals surface area contributed by atoms with E-state index in [9.17, 15) is 0 Å². The zero-order valence-corrected chi connectivity index (χ0v) is 22.6. The number of hydrogen-bond donors (Lipinski definition) is 4. The van der Waals surface area contributed by atoms with Gasteiger partial charge in [-0.2, -0.15) is 0 Å². The molecule has 0 spiro atoms. The first-order valence-corrected chi connectivity index (χ1v) is 17.6. The van der Waals surface area contributed by atoms with Crippen molar-refractivity contribution in [2.75, 3.05) is 48.4 Å². The van der Waals surface area contributed by atoms with E-state index in [2.05, 4.69) is 30.2 Å². The van der Waals surface area contributed by atoms with Crippen LogP contribution in [0, 0.1) is 0 Å². The van der Waals surface area contributed by atoms with E-state index < -0.39 is 24.3 Å². The molecule has 8 nitrogen and oxygen atoms in total. The third kappa shape index (κ3) is 8.82. The lowest BCUT2D eigenvalue weighted by Crippen LogP contribution is -2.46. The first-order valence-electron chi connectivity index (χ1n) is 6.63. The minimum Gasteiger partial charge on any atom is -0.377 e. The van der Waals surface area contributed by atoms with Gasteiger partial charge in [-0.15, -0.1) is 23.3 Å². The average molecular weight is 497 g/mol. The van der Waals surface area contributed by atoms with Gasteiger partial charge in [-0.3, -0.25) is 0 Å². The van der Waals surface area contributed by atoms with Crippen molar-refractivity contribution in [3.05, 3.63) is 0 Å². The zero-order valence-electron chi connectivity index (χ0n) is 16.4. The molecular formula is C10H36N2O6S5Si2. The quantitative estimate of drug-likeness (QED) is 0.186. The van der Waals surface area contributed by atoms with Gasteiger partial charge in [0.15, 0.2) is 0 Å². The van der Waals surface area contributed by atoms with E-state index in [0.717, 1.165) is 11.8 Å². The summed E-state index contributed by atoms with van der Waals surface area (Å²) in [6.07, 6.45) is 0. The fourth-order valence-corrected chi connectivity index (χ4v) is 25.0. The van der Waals surface area contributed by atoms with Gasteiger partial charge in [-0.25, -0.2) is 0 Å². The predicted octanol–water partition coefficient (Wildman–Crippen LogP) is 4.38. The maximum Gasteiger partial charge on any atom is 0.575 e. The van der Waals surface area contributed by atoms with Gasteiger partial charge in [-0.05, 0) is 25.4 Å². The zero-order chi connectivity index (χ0) is 18.6. The summed E-state index contributed by atoms with van der Waals surface area (Å²) in [5.74, 6) is 0.886. The summed E-state index contributed by atoms with van der Waals surface area (Å²) in [5.41, 5.74) is 0. The Morgan fingerprint density at radius 1 is 0.720 bits per heavy atom. The van der Waals surface area contributed by atoms with Crippen molar-refractivity contribution in [2.45, 2.75) is 19.9 Å². The van der Waals surface area contributed by atoms with Crippen LogP contribution in [0.15, 0.2) is 0 Å². The van der Waals surface area contributed by atoms with Gasteiger partial charge in [0.25, 0.3) is 0 Å². The third-order valence-electron chi connectivity index (χ3n) is 3.12. The molecule has 0 saturated heterocycles. The molecular weight excluding hydrogens is 461 g/mol. The molecule has 0 aromatic rings. The molecule has 0 saturated carbocycles. The molecule has 0 heterocycles. The van der Waals surface area contributed by atoms with Crippen LogP contribution in [0.3, 0.4) is 0 Å². The van der Waals surface area contributed by atoms with Crippen LogP contribution in [-0.2, 0) is 26.6 Å². The highest BCUT2D eigenvalue weighted by molar-refractivity contribution is 9.50. The van der Waals surface area contributed by atoms with Crippen LogP contribution < -0.4 is 12.3 Å². The lowest BCUT2D eigenvalue weighted by Gasteiger charge is -2.43. The monoisotopic (exact) mass is 496 g/mol. The second-order valence-electron chi connectivity index (χ2n) is 3.81. The Morgan fingerprint density at radius 2 is 1.04 bits per heavy atom. The van der Waals surface area contributed by atoms with Crippen molar-refractivity contribution in [3.63, 3.8) is 0 Å². The summed E-state index contributed by atoms with van der Waals surface area (Å²) in [6.45, 7) is 4.06. The molecule has 0 amide bonds. The summed E-state index contributed by atoms with van der Waals surface area (Å²) in [6, 6.07) is 0.816. The summed E-state index contributed by atoms with van der Waals surface area (Å²) in [5, 5.41) is 0. The summed E-state index contributed by atoms with van der Waals surface area (Å²) in [4.78, 5) is 0. The molecule has 0 aliphatic heterocycles. The molecule has 0 aliphatic carbocycles. The maximum absolute atomic E-state index is 5.47. The Hall–Kier alpha value is 1.86. The van der Waals surface area contributed by atoms with E-state index in [-0.39, 0.29) is 12.3 Å². The van der Waals surface area contributed by atoms with Crippen molar-refractivity contribution in [1.29, 1.82) is 0 Å². The van der Waals surface area contributed by atoms with Gasteiger partial charge in [0.2, 0.25) is 0 Å². The molecule has 6 N–H and O–H groups in total. The Morgan fingerprint density at radius 3 is 1.08 bits per heavy atom. The van der Waals surface area contributed by atoms with Crippen LogP contribution in [-0.4, -0.2) is 65.2 Å². The molecule has 0 rings (SSSR count). The number of thiol groups is 2. The Kier molecular flexibility index (Phi) is 24.7. The second kappa shape index (κ2) is 17.9. The summed E-state index contributed by atoms with van der Waals surface area (Å²) < 4.78 is 31.6. The Bertz CT molecular complexity index is 251. The van der Waals surface area contributed by atoms with E-state index in [1.54, 1.807) is 42.7 Å². The van der Waals surface area contributed by atoms with Crippen molar-refractivity contribution in [2.24, 2.45) is 0 Å². The maximum atomic E-state index is 5.47. The van der Waals surface area contributed by atoms with Crippen LogP contribution in [0.25, 0.3) is 0 Å². The van der Waals surface area contributed by atoms with Crippen molar-refractivity contribution < 1.29 is 26.6 Å². The molecule has 160 valence electrons. The van der Waals surface area contributed by atoms with E-state index >= 15 is 0 Å². The lowest BCUT2D eigenvalue weighted by atomic mass is 11.0. The average Bonchev–Trinajstić information content (AvgIpc) is 2.63. The minimum atomic E-state index is -2.64. The number of rotatable bonds is 11. The van der Waals surface area contributed by atoms with Crippen LogP contribution >= 0.6 is 50.5 Å². The van der Waals surface area contributed by atoms with Gasteiger partial charge < -0.3 is 38.9 Å². The van der Waals surface area contributed by atoms with Gasteiger partial charge in [0, 0.05) is 48.7 Å². The van der Waals surface area contributed by atoms with Crippen molar-refractivity contribution in [3.8, 4) is 0 Å². The molecule has 0 aromatic carbocycles. The van der Waals surface area contributed by atoms with E-state index in [0.29, 0.717) is 0 Å². The van der Waals surface area contributed by atoms with Gasteiger partial charge >= 0.3 is 16.8 Å². The molecule has 0 aliphatic rings. The second-order valence-corrected chi connectivity index (χ2v) is 24.4. The fourth-order valence-electron chi connectivity index (χ4n) is 1.70. The molecule has 0 fully saturated rings. The first kappa shape index (κ1) is 34.4. The van der Waals surface area contributed by atoms with Crippen molar-refractivity contribution in [1.82, 2.24) is 12.3 Å². The predicted molar refractivity (Wildman–Crippen MR) is 125 cm³/mol. The highest BCUT2D eigenvalue weighted by Gasteiger charge is 2.56. The van der Waals surface area contributed by atoms with Gasteiger partial charge in [-0.1, -0.05) is 21.4 Å². The fraction of sp³-hybridized carbons (Fsp3) is 1.00. The van der Waals surface area contributed by atoms with E-state index in [4.69, 9.17) is 26.6 Å². The highest BCUT2D eigenvalue weighted by Crippen LogP contribution is 2.77. The van der Waals surface area contributed by atoms with Crippen molar-refractivity contribution >= 4 is 67.3 Å². The molecule has 15 heteroatoms. The summed E-state index contributed by atoms with van der Waals surface area (Å²) in [7, 11) is 6.43. The highest BCUT2D eigenvalue weighted by atomic mass is 33.9. The Labute approximate surface area is 173 Å². The summed E-state index contributed by atoms with van der Waals surface area (Å²) >= 11 is 8.59. The Balaban J connectivity index is -0.000000177. The molecule has 0 unspecified atom stereocenters. The largest absolute Gasteiger partial charge is 0.575 e. The van der Waals surface area contributed by atoms with Gasteiger partial charge in [0.1, 0.15) is 0 Å². The molecule has 0 bridgehead atoms. The van der Waals surface area contributed by atoms with Crippen LogP contribution in [0.1, 0.15) is 13.8 Å². The first-order chi connectivity index (χ1) is 10.9. The molecule has 0 radical (unpaired) electrons. The number of hydrogen-bond acceptors (Lipinski definition) is 12. The molecule has 25 heavy (non-hydrogen) atoms. The smallest absolute Gasteiger partial charge is 0.377 e. The molecule has 0 aromatic heterocycles. The SMILES string of the molecule is CCS(SS)(SS)[Si](OC)(OC)OC.CC[Si](OC)(OC)OC.N.N. The normalized spacial score (nSPS) is 12.4. The van der Waals surface area contributed by atoms with Crippen LogP contribution in [0.5, 0.6) is 0 Å². The van der Waals surface area contributed by atoms with E-state index in [1.807, 2.05) is 6.92 Å². The lowest BCUT2D eigenvalue weighted by molar-refractivity contribution is 0.125. The van der Waals surface area contributed by atoms with Crippen LogP contribution in [0.4, 0.5) is 0 Å². The standard InChI is InChI=1S/C5H16O3S5Si.C5H14O3Si.2H3N/c1-5-13(11-9,12-10)14(6-2,7-3)8-4;1-5-9(6-2,7-3)8-4;;/h9-10H,5H2,1-4H3;5H2,1-4H3;2*1H3.